The van der Waals surface area contributed by atoms with Gasteiger partial charge in [-0.15, -0.1) is 0 Å². The first kappa shape index (κ1) is 52.4. The van der Waals surface area contributed by atoms with Gasteiger partial charge >= 0.3 is 11.9 Å². The smallest absolute Gasteiger partial charge is 0.306 e. The number of phosphoric acid groups is 1. The number of rotatable bonds is 36. The number of hydrogen-bond acceptors (Lipinski definition) is 9. The van der Waals surface area contributed by atoms with Gasteiger partial charge in [-0.2, -0.15) is 0 Å². The minimum atomic E-state index is -4.66. The number of aliphatic hydroxyl groups excluding tert-OH is 1. The summed E-state index contributed by atoms with van der Waals surface area (Å²) in [4.78, 5) is 37.5. The first-order chi connectivity index (χ1) is 26.4. The van der Waals surface area contributed by atoms with Crippen molar-refractivity contribution in [1.29, 1.82) is 0 Å². The second-order valence-electron chi connectivity index (χ2n) is 14.8. The Bertz CT molecular complexity index is 1190. The summed E-state index contributed by atoms with van der Waals surface area (Å²) in [5.41, 5.74) is 0. The van der Waals surface area contributed by atoms with Crippen LogP contribution in [0.3, 0.4) is 0 Å². The number of carbonyl (C=O) groups excluding carboxylic acids is 2. The van der Waals surface area contributed by atoms with Crippen LogP contribution in [-0.2, 0) is 32.7 Å². The van der Waals surface area contributed by atoms with E-state index in [-0.39, 0.29) is 26.1 Å². The van der Waals surface area contributed by atoms with Crippen LogP contribution in [-0.4, -0.2) is 81.2 Å². The van der Waals surface area contributed by atoms with Crippen LogP contribution < -0.4 is 4.89 Å². The third-order valence-corrected chi connectivity index (χ3v) is 9.28. The molecule has 11 heteroatoms. The minimum Gasteiger partial charge on any atom is -0.756 e. The minimum absolute atomic E-state index is 0.0589. The van der Waals surface area contributed by atoms with E-state index in [2.05, 4.69) is 62.5 Å². The van der Waals surface area contributed by atoms with Crippen LogP contribution in [0.15, 0.2) is 72.9 Å². The molecule has 1 N–H and O–H groups in total. The van der Waals surface area contributed by atoms with E-state index in [0.29, 0.717) is 30.3 Å². The van der Waals surface area contributed by atoms with Gasteiger partial charge in [-0.25, -0.2) is 0 Å². The molecule has 0 aromatic rings. The molecule has 0 rings (SSSR count). The molecule has 316 valence electrons. The highest BCUT2D eigenvalue weighted by Crippen LogP contribution is 2.38. The van der Waals surface area contributed by atoms with E-state index < -0.39 is 38.6 Å². The third kappa shape index (κ3) is 39.4. The monoisotopic (exact) mass is 794 g/mol. The average molecular weight is 794 g/mol. The molecule has 55 heavy (non-hydrogen) atoms. The van der Waals surface area contributed by atoms with Crippen molar-refractivity contribution in [3.8, 4) is 0 Å². The molecular formula is C44H76NO9P. The zero-order valence-corrected chi connectivity index (χ0v) is 35.8. The fraction of sp³-hybridized carbons (Fsp3) is 0.682. The molecule has 10 nitrogen and oxygen atoms in total. The number of likely N-dealkylation sites (N-methyl/N-ethyl adjacent to an activating group) is 1. The standard InChI is InChI=1S/C44H76NO9P/c1-6-8-10-12-14-15-16-17-18-19-20-21-23-27-31-35-43(47)51-39-42(40-53-55(49,50)52-38-37-45(3,4)5)54-44(48)36-32-28-24-26-30-34-41(46)33-29-25-22-13-11-9-7-2/h9,11,14-15,17-18,20-22,25,29,33,41-42,46H,6-8,10,12-13,16,19,23-24,26-28,30-32,34-40H2,1-5H3/b11-9+,15-14-,18-17-,21-20-,25-22+,33-29+/t41?,42-/m1/s1. The number of hydrogen-bond donors (Lipinski definition) is 1. The van der Waals surface area contributed by atoms with Gasteiger partial charge in [-0.05, 0) is 70.6 Å². The molecule has 0 saturated heterocycles. The van der Waals surface area contributed by atoms with Gasteiger partial charge in [0.2, 0.25) is 0 Å². The first-order valence-electron chi connectivity index (χ1n) is 20.8. The van der Waals surface area contributed by atoms with Crippen molar-refractivity contribution in [2.75, 3.05) is 47.5 Å². The molecule has 0 radical (unpaired) electrons. The Morgan fingerprint density at radius 2 is 1.27 bits per heavy atom. The Morgan fingerprint density at radius 1 is 0.691 bits per heavy atom. The van der Waals surface area contributed by atoms with Crippen LogP contribution in [0.1, 0.15) is 136 Å². The predicted octanol–water partition coefficient (Wildman–Crippen LogP) is 9.80. The van der Waals surface area contributed by atoms with Gasteiger partial charge in [0.1, 0.15) is 19.8 Å². The fourth-order valence-electron chi connectivity index (χ4n) is 5.02. The molecule has 0 aliphatic heterocycles. The number of unbranched alkanes of at least 4 members (excludes halogenated alkanes) is 9. The fourth-order valence-corrected chi connectivity index (χ4v) is 5.75. The van der Waals surface area contributed by atoms with Gasteiger partial charge in [0.15, 0.2) is 6.10 Å². The van der Waals surface area contributed by atoms with Crippen LogP contribution in [0, 0.1) is 0 Å². The van der Waals surface area contributed by atoms with Crippen LogP contribution in [0.2, 0.25) is 0 Å². The number of phosphoric ester groups is 1. The summed E-state index contributed by atoms with van der Waals surface area (Å²) in [6.07, 6.45) is 39.5. The number of carbonyl (C=O) groups is 2. The average Bonchev–Trinajstić information content (AvgIpc) is 3.12. The molecule has 0 aliphatic carbocycles. The van der Waals surface area contributed by atoms with E-state index in [1.54, 1.807) is 6.08 Å². The maximum absolute atomic E-state index is 12.6. The Morgan fingerprint density at radius 3 is 1.95 bits per heavy atom. The maximum atomic E-state index is 12.6. The number of allylic oxidation sites excluding steroid dienone is 11. The normalized spacial score (nSPS) is 15.0. The topological polar surface area (TPSA) is 131 Å². The molecule has 0 fully saturated rings. The molecule has 0 amide bonds. The van der Waals surface area contributed by atoms with Gasteiger partial charge in [0, 0.05) is 12.8 Å². The molecule has 0 aromatic heterocycles. The molecule has 0 heterocycles. The highest BCUT2D eigenvalue weighted by molar-refractivity contribution is 7.45. The quantitative estimate of drug-likeness (QED) is 0.0165. The Hall–Kier alpha value is -2.59. The Kier molecular flexibility index (Phi) is 34.1. The first-order valence-corrected chi connectivity index (χ1v) is 22.2. The van der Waals surface area contributed by atoms with E-state index in [1.807, 2.05) is 39.4 Å². The van der Waals surface area contributed by atoms with E-state index in [4.69, 9.17) is 18.5 Å². The van der Waals surface area contributed by atoms with E-state index in [0.717, 1.165) is 70.6 Å². The maximum Gasteiger partial charge on any atom is 0.306 e. The lowest BCUT2D eigenvalue weighted by Gasteiger charge is -2.28. The highest BCUT2D eigenvalue weighted by Gasteiger charge is 2.21. The summed E-state index contributed by atoms with van der Waals surface area (Å²) in [6.45, 7) is 3.88. The molecule has 0 aromatic carbocycles. The highest BCUT2D eigenvalue weighted by atomic mass is 31.2. The van der Waals surface area contributed by atoms with E-state index in [1.165, 1.54) is 19.3 Å². The Balaban J connectivity index is 4.57. The van der Waals surface area contributed by atoms with Crippen LogP contribution >= 0.6 is 7.82 Å². The van der Waals surface area contributed by atoms with Gasteiger partial charge in [-0.1, -0.05) is 125 Å². The summed E-state index contributed by atoms with van der Waals surface area (Å²) in [5.74, 6) is -0.965. The van der Waals surface area contributed by atoms with Crippen LogP contribution in [0.5, 0.6) is 0 Å². The number of esters is 2. The van der Waals surface area contributed by atoms with Gasteiger partial charge in [0.25, 0.3) is 7.82 Å². The molecule has 0 aliphatic rings. The summed E-state index contributed by atoms with van der Waals surface area (Å²) in [5, 5.41) is 10.1. The lowest BCUT2D eigenvalue weighted by Crippen LogP contribution is -2.37. The van der Waals surface area contributed by atoms with Crippen molar-refractivity contribution in [3.63, 3.8) is 0 Å². The summed E-state index contributed by atoms with van der Waals surface area (Å²) < 4.78 is 33.7. The SMILES string of the molecule is CC/C=C/C/C=C/C=C/C(O)CCCCCCCC(=O)O[C@H](COC(=O)CCCC/C=C\C/C=C\C/C=C\CCCCC)COP(=O)([O-])OCC[N+](C)(C)C. The number of nitrogens with zero attached hydrogens (tertiary/aromatic N) is 1. The van der Waals surface area contributed by atoms with Crippen molar-refractivity contribution in [2.45, 2.75) is 148 Å². The van der Waals surface area contributed by atoms with Gasteiger partial charge < -0.3 is 33.0 Å². The summed E-state index contributed by atoms with van der Waals surface area (Å²) in [6, 6.07) is 0. The largest absolute Gasteiger partial charge is 0.756 e. The molecule has 0 saturated carbocycles. The van der Waals surface area contributed by atoms with Crippen molar-refractivity contribution in [2.24, 2.45) is 0 Å². The van der Waals surface area contributed by atoms with Crippen molar-refractivity contribution in [3.05, 3.63) is 72.9 Å². The van der Waals surface area contributed by atoms with E-state index >= 15 is 0 Å². The Labute approximate surface area is 334 Å². The lowest BCUT2D eigenvalue weighted by molar-refractivity contribution is -0.870. The zero-order valence-electron chi connectivity index (χ0n) is 35.0. The number of quaternary nitrogens is 1. The van der Waals surface area contributed by atoms with Gasteiger partial charge in [-0.3, -0.25) is 14.2 Å². The van der Waals surface area contributed by atoms with Crippen LogP contribution in [0.4, 0.5) is 0 Å². The van der Waals surface area contributed by atoms with Gasteiger partial charge in [0.05, 0.1) is 33.9 Å². The second kappa shape index (κ2) is 35.8. The third-order valence-electron chi connectivity index (χ3n) is 8.31. The van der Waals surface area contributed by atoms with Crippen molar-refractivity contribution < 1.29 is 47.2 Å². The summed E-state index contributed by atoms with van der Waals surface area (Å²) in [7, 11) is 1.07. The lowest BCUT2D eigenvalue weighted by atomic mass is 10.1. The number of aliphatic hydroxyl groups is 1. The van der Waals surface area contributed by atoms with E-state index in [9.17, 15) is 24.2 Å². The number of ether oxygens (including phenoxy) is 2. The summed E-state index contributed by atoms with van der Waals surface area (Å²) >= 11 is 0. The zero-order chi connectivity index (χ0) is 40.9. The van der Waals surface area contributed by atoms with Crippen molar-refractivity contribution in [1.82, 2.24) is 0 Å². The second-order valence-corrected chi connectivity index (χ2v) is 16.2. The molecule has 2 unspecified atom stereocenters. The molecule has 0 bridgehead atoms. The molecule has 3 atom stereocenters. The predicted molar refractivity (Wildman–Crippen MR) is 223 cm³/mol. The molecule has 0 spiro atoms. The van der Waals surface area contributed by atoms with Crippen molar-refractivity contribution >= 4 is 19.8 Å². The van der Waals surface area contributed by atoms with Crippen LogP contribution in [0.25, 0.3) is 0 Å². The molecular weight excluding hydrogens is 717 g/mol.